The molecule has 122 valence electrons. The van der Waals surface area contributed by atoms with E-state index in [0.29, 0.717) is 24.1 Å². The molecule has 0 saturated heterocycles. The number of hydrogen-bond donors (Lipinski definition) is 1. The topological polar surface area (TPSA) is 81.7 Å². The Morgan fingerprint density at radius 1 is 1.13 bits per heavy atom. The van der Waals surface area contributed by atoms with Gasteiger partial charge in [0.05, 0.1) is 13.2 Å². The molecule has 0 unspecified atom stereocenters. The SMILES string of the molecule is CCOC(=O)C(=CNc1cccc2c1CCC2=O)C(=O)OCC. The third kappa shape index (κ3) is 3.77. The van der Waals surface area contributed by atoms with E-state index >= 15 is 0 Å². The number of ether oxygens (including phenoxy) is 2. The summed E-state index contributed by atoms with van der Waals surface area (Å²) in [5.41, 5.74) is 2.05. The molecule has 0 atom stereocenters. The lowest BCUT2D eigenvalue weighted by molar-refractivity contribution is -0.146. The van der Waals surface area contributed by atoms with Gasteiger partial charge in [-0.3, -0.25) is 4.79 Å². The predicted octanol–water partition coefficient (Wildman–Crippen LogP) is 2.24. The Morgan fingerprint density at radius 3 is 2.39 bits per heavy atom. The maximum Gasteiger partial charge on any atom is 0.347 e. The van der Waals surface area contributed by atoms with Gasteiger partial charge in [-0.05, 0) is 31.9 Å². The molecule has 6 nitrogen and oxygen atoms in total. The van der Waals surface area contributed by atoms with Crippen molar-refractivity contribution >= 4 is 23.4 Å². The number of carbonyl (C=O) groups is 3. The van der Waals surface area contributed by atoms with Crippen LogP contribution in [0.2, 0.25) is 0 Å². The highest BCUT2D eigenvalue weighted by atomic mass is 16.6. The third-order valence-electron chi connectivity index (χ3n) is 3.44. The number of anilines is 1. The summed E-state index contributed by atoms with van der Waals surface area (Å²) in [7, 11) is 0. The smallest absolute Gasteiger partial charge is 0.347 e. The van der Waals surface area contributed by atoms with Gasteiger partial charge in [-0.25, -0.2) is 9.59 Å². The van der Waals surface area contributed by atoms with Crippen molar-refractivity contribution in [2.45, 2.75) is 26.7 Å². The Bertz CT molecular complexity index is 643. The second-order valence-electron chi connectivity index (χ2n) is 4.90. The van der Waals surface area contributed by atoms with Crippen LogP contribution in [0.5, 0.6) is 0 Å². The molecular formula is C17H19NO5. The second kappa shape index (κ2) is 7.58. The van der Waals surface area contributed by atoms with Crippen molar-refractivity contribution in [3.05, 3.63) is 41.1 Å². The van der Waals surface area contributed by atoms with Crippen LogP contribution in [0.1, 0.15) is 36.2 Å². The van der Waals surface area contributed by atoms with Crippen LogP contribution in [-0.4, -0.2) is 30.9 Å². The highest BCUT2D eigenvalue weighted by molar-refractivity contribution is 6.14. The normalized spacial score (nSPS) is 12.3. The molecule has 1 N–H and O–H groups in total. The molecule has 0 radical (unpaired) electrons. The number of Topliss-reactive ketones (excluding diaryl/α,β-unsaturated/α-hetero) is 1. The number of rotatable bonds is 6. The number of esters is 2. The van der Waals surface area contributed by atoms with Crippen LogP contribution in [0, 0.1) is 0 Å². The van der Waals surface area contributed by atoms with E-state index in [-0.39, 0.29) is 24.6 Å². The number of fused-ring (bicyclic) bond motifs is 1. The monoisotopic (exact) mass is 317 g/mol. The highest BCUT2D eigenvalue weighted by Gasteiger charge is 2.23. The molecule has 6 heteroatoms. The van der Waals surface area contributed by atoms with Crippen molar-refractivity contribution in [2.24, 2.45) is 0 Å². The molecule has 0 bridgehead atoms. The first-order chi connectivity index (χ1) is 11.1. The zero-order chi connectivity index (χ0) is 16.8. The van der Waals surface area contributed by atoms with Gasteiger partial charge in [0.15, 0.2) is 11.4 Å². The van der Waals surface area contributed by atoms with Crippen LogP contribution in [0.4, 0.5) is 5.69 Å². The van der Waals surface area contributed by atoms with Gasteiger partial charge in [-0.15, -0.1) is 0 Å². The molecule has 23 heavy (non-hydrogen) atoms. The summed E-state index contributed by atoms with van der Waals surface area (Å²) < 4.78 is 9.73. The summed E-state index contributed by atoms with van der Waals surface area (Å²) in [6.07, 6.45) is 2.38. The zero-order valence-corrected chi connectivity index (χ0v) is 13.2. The number of nitrogens with one attached hydrogen (secondary N) is 1. The van der Waals surface area contributed by atoms with Crippen molar-refractivity contribution in [1.29, 1.82) is 0 Å². The molecule has 0 aliphatic heterocycles. The number of carbonyl (C=O) groups excluding carboxylic acids is 3. The predicted molar refractivity (Wildman–Crippen MR) is 84.1 cm³/mol. The Balaban J connectivity index is 2.26. The largest absolute Gasteiger partial charge is 0.462 e. The molecule has 0 aromatic heterocycles. The Hall–Kier alpha value is -2.63. The molecule has 1 aliphatic carbocycles. The van der Waals surface area contributed by atoms with Gasteiger partial charge < -0.3 is 14.8 Å². The lowest BCUT2D eigenvalue weighted by Gasteiger charge is -2.10. The van der Waals surface area contributed by atoms with Gasteiger partial charge in [-0.1, -0.05) is 12.1 Å². The van der Waals surface area contributed by atoms with Crippen LogP contribution in [0.3, 0.4) is 0 Å². The molecule has 2 rings (SSSR count). The summed E-state index contributed by atoms with van der Waals surface area (Å²) in [5, 5.41) is 2.93. The van der Waals surface area contributed by atoms with E-state index in [4.69, 9.17) is 9.47 Å². The first-order valence-corrected chi connectivity index (χ1v) is 7.54. The molecule has 0 heterocycles. The molecular weight excluding hydrogens is 298 g/mol. The standard InChI is InChI=1S/C17H19NO5/c1-3-22-16(20)13(17(21)23-4-2)10-18-14-7-5-6-12-11(14)8-9-15(12)19/h5-7,10,18H,3-4,8-9H2,1-2H3. The lowest BCUT2D eigenvalue weighted by atomic mass is 10.1. The average molecular weight is 317 g/mol. The third-order valence-corrected chi connectivity index (χ3v) is 3.44. The van der Waals surface area contributed by atoms with E-state index in [0.717, 1.165) is 5.56 Å². The quantitative estimate of drug-likeness (QED) is 0.375. The Labute approximate surface area is 134 Å². The summed E-state index contributed by atoms with van der Waals surface area (Å²) in [5.74, 6) is -1.40. The summed E-state index contributed by atoms with van der Waals surface area (Å²) in [4.78, 5) is 35.5. The molecule has 1 aromatic carbocycles. The van der Waals surface area contributed by atoms with Gasteiger partial charge in [0.2, 0.25) is 0 Å². The van der Waals surface area contributed by atoms with Crippen LogP contribution in [0.15, 0.2) is 30.0 Å². The maximum absolute atomic E-state index is 11.9. The summed E-state index contributed by atoms with van der Waals surface area (Å²) >= 11 is 0. The van der Waals surface area contributed by atoms with E-state index in [1.54, 1.807) is 32.0 Å². The van der Waals surface area contributed by atoms with Gasteiger partial charge in [0, 0.05) is 23.9 Å². The lowest BCUT2D eigenvalue weighted by Crippen LogP contribution is -2.19. The van der Waals surface area contributed by atoms with E-state index in [1.165, 1.54) is 6.20 Å². The summed E-state index contributed by atoms with van der Waals surface area (Å²) in [6.45, 7) is 3.63. The number of hydrogen-bond acceptors (Lipinski definition) is 6. The van der Waals surface area contributed by atoms with Crippen molar-refractivity contribution in [1.82, 2.24) is 0 Å². The fourth-order valence-electron chi connectivity index (χ4n) is 2.39. The van der Waals surface area contributed by atoms with E-state index in [1.807, 2.05) is 0 Å². The van der Waals surface area contributed by atoms with E-state index in [2.05, 4.69) is 5.32 Å². The minimum Gasteiger partial charge on any atom is -0.462 e. The molecule has 0 amide bonds. The van der Waals surface area contributed by atoms with Crippen molar-refractivity contribution in [3.8, 4) is 0 Å². The highest BCUT2D eigenvalue weighted by Crippen LogP contribution is 2.28. The Morgan fingerprint density at radius 2 is 1.78 bits per heavy atom. The fourth-order valence-corrected chi connectivity index (χ4v) is 2.39. The minimum absolute atomic E-state index is 0.101. The summed E-state index contributed by atoms with van der Waals surface area (Å²) in [6, 6.07) is 5.33. The fraction of sp³-hybridized carbons (Fsp3) is 0.353. The Kier molecular flexibility index (Phi) is 5.51. The average Bonchev–Trinajstić information content (AvgIpc) is 2.90. The van der Waals surface area contributed by atoms with Gasteiger partial charge in [0.1, 0.15) is 0 Å². The minimum atomic E-state index is -0.748. The maximum atomic E-state index is 11.9. The van der Waals surface area contributed by atoms with Crippen LogP contribution in [-0.2, 0) is 25.5 Å². The molecule has 1 aliphatic rings. The molecule has 1 aromatic rings. The number of benzene rings is 1. The van der Waals surface area contributed by atoms with Crippen LogP contribution >= 0.6 is 0 Å². The first-order valence-electron chi connectivity index (χ1n) is 7.54. The van der Waals surface area contributed by atoms with Crippen LogP contribution in [0.25, 0.3) is 0 Å². The van der Waals surface area contributed by atoms with E-state index in [9.17, 15) is 14.4 Å². The van der Waals surface area contributed by atoms with Crippen molar-refractivity contribution < 1.29 is 23.9 Å². The molecule has 0 saturated carbocycles. The van der Waals surface area contributed by atoms with Crippen LogP contribution < -0.4 is 5.32 Å². The zero-order valence-electron chi connectivity index (χ0n) is 13.2. The molecule has 0 fully saturated rings. The first kappa shape index (κ1) is 16.7. The van der Waals surface area contributed by atoms with Gasteiger partial charge in [0.25, 0.3) is 0 Å². The second-order valence-corrected chi connectivity index (χ2v) is 4.90. The number of ketones is 1. The van der Waals surface area contributed by atoms with Gasteiger partial charge >= 0.3 is 11.9 Å². The van der Waals surface area contributed by atoms with Gasteiger partial charge in [-0.2, -0.15) is 0 Å². The van der Waals surface area contributed by atoms with Crippen molar-refractivity contribution in [3.63, 3.8) is 0 Å². The van der Waals surface area contributed by atoms with E-state index < -0.39 is 11.9 Å². The molecule has 0 spiro atoms. The van der Waals surface area contributed by atoms with Crippen molar-refractivity contribution in [2.75, 3.05) is 18.5 Å².